The number of hydrogen-bond donors (Lipinski definition) is 0. The van der Waals surface area contributed by atoms with Gasteiger partial charge in [-0.2, -0.15) is 0 Å². The number of aliphatic imine (C=N–C) groups is 1. The largest absolute Gasteiger partial charge is 0.271 e. The van der Waals surface area contributed by atoms with Crippen molar-refractivity contribution in [2.45, 2.75) is 57.4 Å². The SMILES string of the molecule is CCS/C(=N\C12CCC3CCC(CC3C1)C2)c1ccccc1. The number of fused-ring (bicyclic) bond motifs is 2. The molecule has 1 aromatic carbocycles. The lowest BCUT2D eigenvalue weighted by atomic mass is 9.55. The van der Waals surface area contributed by atoms with Crippen LogP contribution in [0.3, 0.4) is 0 Å². The number of nitrogens with zero attached hydrogens (tertiary/aromatic N) is 1. The fourth-order valence-electron chi connectivity index (χ4n) is 5.27. The molecule has 0 N–H and O–H groups in total. The molecule has 0 saturated heterocycles. The van der Waals surface area contributed by atoms with Gasteiger partial charge in [-0.1, -0.05) is 43.7 Å². The quantitative estimate of drug-likeness (QED) is 0.527. The maximum absolute atomic E-state index is 5.45. The molecule has 3 aliphatic rings. The van der Waals surface area contributed by atoms with Gasteiger partial charge in [0.15, 0.2) is 0 Å². The van der Waals surface area contributed by atoms with Gasteiger partial charge in [-0.15, -0.1) is 11.8 Å². The number of hydrogen-bond acceptors (Lipinski definition) is 2. The standard InChI is InChI=1S/C20H27NS/c1-2-22-19(17-6-4-3-5-7-17)21-20-11-10-16-9-8-15(13-20)12-18(16)14-20/h3-7,15-16,18H,2,8-14H2,1H3/b21-19-. The van der Waals surface area contributed by atoms with Gasteiger partial charge in [0.05, 0.1) is 10.6 Å². The number of rotatable bonds is 3. The summed E-state index contributed by atoms with van der Waals surface area (Å²) in [4.78, 5) is 5.45. The summed E-state index contributed by atoms with van der Waals surface area (Å²) in [5, 5.41) is 1.29. The van der Waals surface area contributed by atoms with Gasteiger partial charge in [0, 0.05) is 5.56 Å². The van der Waals surface area contributed by atoms with E-state index in [0.717, 1.165) is 23.5 Å². The van der Waals surface area contributed by atoms with E-state index in [2.05, 4.69) is 37.3 Å². The van der Waals surface area contributed by atoms with Crippen molar-refractivity contribution >= 4 is 16.8 Å². The molecule has 1 aromatic rings. The summed E-state index contributed by atoms with van der Waals surface area (Å²) in [5.41, 5.74) is 1.60. The molecule has 22 heavy (non-hydrogen) atoms. The molecule has 3 saturated carbocycles. The maximum Gasteiger partial charge on any atom is 0.0983 e. The summed E-state index contributed by atoms with van der Waals surface area (Å²) in [6.07, 6.45) is 9.98. The molecule has 0 aromatic heterocycles. The molecule has 4 atom stereocenters. The van der Waals surface area contributed by atoms with E-state index in [1.165, 1.54) is 55.6 Å². The Bertz CT molecular complexity index is 548. The Morgan fingerprint density at radius 2 is 2.00 bits per heavy atom. The topological polar surface area (TPSA) is 12.4 Å². The normalized spacial score (nSPS) is 37.3. The van der Waals surface area contributed by atoms with Gasteiger partial charge < -0.3 is 0 Å². The van der Waals surface area contributed by atoms with Crippen molar-refractivity contribution in [2.24, 2.45) is 22.7 Å². The summed E-state index contributed by atoms with van der Waals surface area (Å²) < 4.78 is 0. The molecular formula is C20H27NS. The molecule has 4 unspecified atom stereocenters. The van der Waals surface area contributed by atoms with Crippen molar-refractivity contribution in [3.63, 3.8) is 0 Å². The molecular weight excluding hydrogens is 286 g/mol. The Kier molecular flexibility index (Phi) is 4.06. The van der Waals surface area contributed by atoms with Crippen molar-refractivity contribution in [3.8, 4) is 0 Å². The predicted molar refractivity (Wildman–Crippen MR) is 96.6 cm³/mol. The Labute approximate surface area is 139 Å². The molecule has 0 spiro atoms. The highest BCUT2D eigenvalue weighted by atomic mass is 32.2. The highest BCUT2D eigenvalue weighted by Crippen LogP contribution is 2.55. The van der Waals surface area contributed by atoms with Gasteiger partial charge >= 0.3 is 0 Å². The average Bonchev–Trinajstić information content (AvgIpc) is 2.54. The lowest BCUT2D eigenvalue weighted by Crippen LogP contribution is -2.47. The fourth-order valence-corrected chi connectivity index (χ4v) is 6.10. The third-order valence-electron chi connectivity index (χ3n) is 6.18. The van der Waals surface area contributed by atoms with E-state index in [1.54, 1.807) is 0 Å². The summed E-state index contributed by atoms with van der Waals surface area (Å²) >= 11 is 1.93. The number of thioether (sulfide) groups is 1. The van der Waals surface area contributed by atoms with E-state index in [-0.39, 0.29) is 5.54 Å². The second-order valence-electron chi connectivity index (χ2n) is 7.59. The first-order chi connectivity index (χ1) is 10.8. The molecule has 0 heterocycles. The van der Waals surface area contributed by atoms with Crippen molar-refractivity contribution in [1.82, 2.24) is 0 Å². The third-order valence-corrected chi connectivity index (χ3v) is 7.07. The summed E-state index contributed by atoms with van der Waals surface area (Å²) in [6, 6.07) is 10.9. The van der Waals surface area contributed by atoms with Gasteiger partial charge in [-0.25, -0.2) is 0 Å². The van der Waals surface area contributed by atoms with Crippen LogP contribution in [0.1, 0.15) is 57.4 Å². The van der Waals surface area contributed by atoms with Crippen LogP contribution in [0.5, 0.6) is 0 Å². The zero-order valence-electron chi connectivity index (χ0n) is 13.6. The average molecular weight is 314 g/mol. The van der Waals surface area contributed by atoms with Gasteiger partial charge in [-0.05, 0) is 62.0 Å². The fraction of sp³-hybridized carbons (Fsp3) is 0.650. The third kappa shape index (κ3) is 2.75. The van der Waals surface area contributed by atoms with E-state index in [9.17, 15) is 0 Å². The van der Waals surface area contributed by atoms with Crippen LogP contribution in [0.4, 0.5) is 0 Å². The summed E-state index contributed by atoms with van der Waals surface area (Å²) in [5.74, 6) is 4.08. The molecule has 3 fully saturated rings. The lowest BCUT2D eigenvalue weighted by molar-refractivity contribution is 0.0158. The molecule has 118 valence electrons. The van der Waals surface area contributed by atoms with Gasteiger partial charge in [0.2, 0.25) is 0 Å². The maximum atomic E-state index is 5.45. The Morgan fingerprint density at radius 3 is 2.82 bits per heavy atom. The molecule has 4 rings (SSSR count). The molecule has 0 amide bonds. The van der Waals surface area contributed by atoms with Crippen molar-refractivity contribution in [1.29, 1.82) is 0 Å². The monoisotopic (exact) mass is 313 g/mol. The van der Waals surface area contributed by atoms with E-state index in [1.807, 2.05) is 11.8 Å². The second-order valence-corrected chi connectivity index (χ2v) is 8.84. The Morgan fingerprint density at radius 1 is 1.14 bits per heavy atom. The molecule has 0 aliphatic heterocycles. The first-order valence-corrected chi connectivity index (χ1v) is 10.0. The smallest absolute Gasteiger partial charge is 0.0983 e. The summed E-state index contributed by atoms with van der Waals surface area (Å²) in [7, 11) is 0. The van der Waals surface area contributed by atoms with E-state index in [4.69, 9.17) is 4.99 Å². The van der Waals surface area contributed by atoms with E-state index < -0.39 is 0 Å². The van der Waals surface area contributed by atoms with E-state index in [0.29, 0.717) is 0 Å². The second kappa shape index (κ2) is 6.03. The van der Waals surface area contributed by atoms with Crippen molar-refractivity contribution in [2.75, 3.05) is 5.75 Å². The van der Waals surface area contributed by atoms with Crippen LogP contribution in [0.15, 0.2) is 35.3 Å². The lowest BCUT2D eigenvalue weighted by Gasteiger charge is -2.53. The molecule has 2 heteroatoms. The minimum Gasteiger partial charge on any atom is -0.271 e. The van der Waals surface area contributed by atoms with Crippen LogP contribution in [0.25, 0.3) is 0 Å². The zero-order chi connectivity index (χ0) is 15.0. The van der Waals surface area contributed by atoms with Crippen LogP contribution in [-0.4, -0.2) is 16.3 Å². The Balaban J connectivity index is 1.66. The highest BCUT2D eigenvalue weighted by Gasteiger charge is 2.49. The molecule has 0 radical (unpaired) electrons. The van der Waals surface area contributed by atoms with Gasteiger partial charge in [0.25, 0.3) is 0 Å². The number of benzene rings is 1. The van der Waals surface area contributed by atoms with Crippen molar-refractivity contribution < 1.29 is 0 Å². The minimum atomic E-state index is 0.276. The van der Waals surface area contributed by atoms with Crippen LogP contribution in [-0.2, 0) is 0 Å². The molecule has 3 bridgehead atoms. The molecule has 3 aliphatic carbocycles. The molecule has 1 nitrogen and oxygen atoms in total. The predicted octanol–water partition coefficient (Wildman–Crippen LogP) is 5.55. The first-order valence-electron chi connectivity index (χ1n) is 9.06. The first kappa shape index (κ1) is 14.8. The van der Waals surface area contributed by atoms with Crippen LogP contribution in [0.2, 0.25) is 0 Å². The minimum absolute atomic E-state index is 0.276. The summed E-state index contributed by atoms with van der Waals surface area (Å²) in [6.45, 7) is 2.24. The van der Waals surface area contributed by atoms with Crippen LogP contribution in [0, 0.1) is 17.8 Å². The van der Waals surface area contributed by atoms with Gasteiger partial charge in [0.1, 0.15) is 0 Å². The van der Waals surface area contributed by atoms with Gasteiger partial charge in [-0.3, -0.25) is 4.99 Å². The van der Waals surface area contributed by atoms with E-state index >= 15 is 0 Å². The highest BCUT2D eigenvalue weighted by molar-refractivity contribution is 8.14. The van der Waals surface area contributed by atoms with Crippen molar-refractivity contribution in [3.05, 3.63) is 35.9 Å². The Hall–Kier alpha value is -0.760. The van der Waals surface area contributed by atoms with Crippen LogP contribution >= 0.6 is 11.8 Å². The zero-order valence-corrected chi connectivity index (χ0v) is 14.4. The van der Waals surface area contributed by atoms with Crippen LogP contribution < -0.4 is 0 Å².